The molecule has 0 amide bonds. The van der Waals surface area contributed by atoms with Crippen molar-refractivity contribution in [3.8, 4) is 0 Å². The van der Waals surface area contributed by atoms with Crippen molar-refractivity contribution in [2.75, 3.05) is 0 Å². The highest BCUT2D eigenvalue weighted by molar-refractivity contribution is 4.24. The highest BCUT2D eigenvalue weighted by Gasteiger charge is 1.68. The van der Waals surface area contributed by atoms with Crippen molar-refractivity contribution in [2.24, 2.45) is 0 Å². The fraction of sp³-hybridized carbons (Fsp3) is 1.00. The number of hydrogen-bond acceptors (Lipinski definition) is 1. The molecule has 0 atom stereocenters. The minimum atomic E-state index is 0. The topological polar surface area (TPSA) is 35.0 Å². The van der Waals surface area contributed by atoms with E-state index in [1.165, 1.54) is 19.3 Å². The van der Waals surface area contributed by atoms with Crippen LogP contribution < -0.4 is 6.15 Å². The monoisotopic (exact) mass is 119 g/mol. The fourth-order valence-corrected chi connectivity index (χ4v) is 0.354. The van der Waals surface area contributed by atoms with Crippen LogP contribution in [0.15, 0.2) is 0 Å². The Hall–Kier alpha value is -0.0400. The van der Waals surface area contributed by atoms with Gasteiger partial charge in [-0.05, 0) is 0 Å². The molecule has 0 heterocycles. The maximum absolute atomic E-state index is 2.21. The molecule has 0 rings (SSSR count). The molecule has 3 N–H and O–H groups in total. The summed E-state index contributed by atoms with van der Waals surface area (Å²) in [5.41, 5.74) is 0. The second-order valence-corrected chi connectivity index (χ2v) is 1.35. The fourth-order valence-electron chi connectivity index (χ4n) is 0.354. The summed E-state index contributed by atoms with van der Waals surface area (Å²) in [5.74, 6) is 0. The maximum atomic E-state index is 2.21. The van der Waals surface area contributed by atoms with Gasteiger partial charge >= 0.3 is 0 Å². The third kappa shape index (κ3) is 38.2. The zero-order valence-corrected chi connectivity index (χ0v) is 6.83. The average Bonchev–Trinajstić information content (AvgIpc) is 1.75. The average molecular weight is 119 g/mol. The van der Waals surface area contributed by atoms with Gasteiger partial charge in [-0.3, -0.25) is 0 Å². The molecule has 0 fully saturated rings. The smallest absolute Gasteiger partial charge is 0.0538 e. The molecule has 0 aliphatic heterocycles. The van der Waals surface area contributed by atoms with E-state index >= 15 is 0 Å². The Morgan fingerprint density at radius 3 is 1.12 bits per heavy atom. The lowest BCUT2D eigenvalue weighted by Crippen LogP contribution is -1.59. The molecule has 1 nitrogen and oxygen atoms in total. The summed E-state index contributed by atoms with van der Waals surface area (Å²) in [5, 5.41) is 0. The SMILES string of the molecule is CC.CCCCC.N. The summed E-state index contributed by atoms with van der Waals surface area (Å²) in [6.45, 7) is 8.42. The van der Waals surface area contributed by atoms with Gasteiger partial charge in [0.25, 0.3) is 0 Å². The van der Waals surface area contributed by atoms with Crippen LogP contribution in [0.2, 0.25) is 0 Å². The lowest BCUT2D eigenvalue weighted by molar-refractivity contribution is 0.772. The van der Waals surface area contributed by atoms with Crippen LogP contribution in [0.3, 0.4) is 0 Å². The highest BCUT2D eigenvalue weighted by atomic mass is 14.0. The van der Waals surface area contributed by atoms with Gasteiger partial charge in [-0.2, -0.15) is 0 Å². The molecule has 54 valence electrons. The van der Waals surface area contributed by atoms with Crippen molar-refractivity contribution in [1.29, 1.82) is 0 Å². The minimum Gasteiger partial charge on any atom is -0.344 e. The Morgan fingerprint density at radius 1 is 0.875 bits per heavy atom. The van der Waals surface area contributed by atoms with E-state index in [1.807, 2.05) is 13.8 Å². The quantitative estimate of drug-likeness (QED) is 0.594. The van der Waals surface area contributed by atoms with Crippen LogP contribution >= 0.6 is 0 Å². The lowest BCUT2D eigenvalue weighted by atomic mass is 10.3. The van der Waals surface area contributed by atoms with Gasteiger partial charge in [0.15, 0.2) is 0 Å². The van der Waals surface area contributed by atoms with Gasteiger partial charge < -0.3 is 6.15 Å². The molecule has 0 spiro atoms. The van der Waals surface area contributed by atoms with E-state index in [0.717, 1.165) is 0 Å². The van der Waals surface area contributed by atoms with E-state index in [4.69, 9.17) is 0 Å². The first-order valence-electron chi connectivity index (χ1n) is 3.41. The predicted octanol–water partition coefficient (Wildman–Crippen LogP) is 3.38. The molecule has 1 heteroatoms. The van der Waals surface area contributed by atoms with Crippen molar-refractivity contribution in [3.05, 3.63) is 0 Å². The number of unbranched alkanes of at least 4 members (excludes halogenated alkanes) is 2. The second kappa shape index (κ2) is 28.2. The van der Waals surface area contributed by atoms with Crippen molar-refractivity contribution in [3.63, 3.8) is 0 Å². The highest BCUT2D eigenvalue weighted by Crippen LogP contribution is 1.88. The summed E-state index contributed by atoms with van der Waals surface area (Å²) in [7, 11) is 0. The summed E-state index contributed by atoms with van der Waals surface area (Å²) >= 11 is 0. The molecule has 0 unspecified atom stereocenters. The number of rotatable bonds is 2. The van der Waals surface area contributed by atoms with E-state index in [9.17, 15) is 0 Å². The second-order valence-electron chi connectivity index (χ2n) is 1.35. The van der Waals surface area contributed by atoms with Crippen LogP contribution in [-0.4, -0.2) is 0 Å². The van der Waals surface area contributed by atoms with Gasteiger partial charge in [-0.15, -0.1) is 0 Å². The van der Waals surface area contributed by atoms with Gasteiger partial charge in [0, 0.05) is 0 Å². The molecule has 0 aliphatic carbocycles. The molecular formula is C7H21N. The normalized spacial score (nSPS) is 6.00. The minimum absolute atomic E-state index is 0. The van der Waals surface area contributed by atoms with Gasteiger partial charge in [0.1, 0.15) is 0 Å². The van der Waals surface area contributed by atoms with Gasteiger partial charge in [0.2, 0.25) is 0 Å². The van der Waals surface area contributed by atoms with Gasteiger partial charge in [-0.1, -0.05) is 47.0 Å². The number of hydrogen-bond donors (Lipinski definition) is 1. The molecule has 0 aromatic heterocycles. The lowest BCUT2D eigenvalue weighted by Gasteiger charge is -1.79. The first-order chi connectivity index (χ1) is 3.41. The van der Waals surface area contributed by atoms with Crippen LogP contribution in [0.1, 0.15) is 47.0 Å². The molecule has 8 heavy (non-hydrogen) atoms. The molecule has 0 saturated carbocycles. The summed E-state index contributed by atoms with van der Waals surface area (Å²) in [6.07, 6.45) is 4.08. The Kier molecular flexibility index (Phi) is 55.3. The molecule has 0 saturated heterocycles. The van der Waals surface area contributed by atoms with Crippen molar-refractivity contribution < 1.29 is 0 Å². The predicted molar refractivity (Wildman–Crippen MR) is 41.6 cm³/mol. The maximum Gasteiger partial charge on any atom is -0.0538 e. The molecule has 0 radical (unpaired) electrons. The summed E-state index contributed by atoms with van der Waals surface area (Å²) in [6, 6.07) is 0. The Bertz CT molecular complexity index is 11.9. The van der Waals surface area contributed by atoms with Crippen molar-refractivity contribution in [1.82, 2.24) is 6.15 Å². The van der Waals surface area contributed by atoms with Gasteiger partial charge in [0.05, 0.1) is 0 Å². The Labute approximate surface area is 54.1 Å². The molecule has 0 aromatic carbocycles. The van der Waals surface area contributed by atoms with Crippen LogP contribution in [0, 0.1) is 0 Å². The Balaban J connectivity index is -0.0000000750. The van der Waals surface area contributed by atoms with E-state index in [-0.39, 0.29) is 6.15 Å². The van der Waals surface area contributed by atoms with E-state index in [1.54, 1.807) is 0 Å². The van der Waals surface area contributed by atoms with Crippen LogP contribution in [-0.2, 0) is 0 Å². The van der Waals surface area contributed by atoms with Crippen LogP contribution in [0.5, 0.6) is 0 Å². The molecular weight excluding hydrogens is 98.1 g/mol. The van der Waals surface area contributed by atoms with E-state index in [2.05, 4.69) is 13.8 Å². The zero-order valence-electron chi connectivity index (χ0n) is 6.83. The third-order valence-corrected chi connectivity index (χ3v) is 0.707. The molecule has 0 bridgehead atoms. The molecule has 0 aliphatic rings. The Morgan fingerprint density at radius 2 is 1.12 bits per heavy atom. The van der Waals surface area contributed by atoms with E-state index in [0.29, 0.717) is 0 Å². The first-order valence-corrected chi connectivity index (χ1v) is 3.41. The van der Waals surface area contributed by atoms with Crippen LogP contribution in [0.25, 0.3) is 0 Å². The summed E-state index contributed by atoms with van der Waals surface area (Å²) < 4.78 is 0. The van der Waals surface area contributed by atoms with Gasteiger partial charge in [-0.25, -0.2) is 0 Å². The van der Waals surface area contributed by atoms with E-state index < -0.39 is 0 Å². The third-order valence-electron chi connectivity index (χ3n) is 0.707. The van der Waals surface area contributed by atoms with Crippen molar-refractivity contribution in [2.45, 2.75) is 47.0 Å². The standard InChI is InChI=1S/C5H12.C2H6.H3N/c1-3-5-4-2;1-2;/h3-5H2,1-2H3;1-2H3;1H3. The zero-order chi connectivity index (χ0) is 6.12. The molecule has 0 aromatic rings. The largest absolute Gasteiger partial charge is 0.344 e. The van der Waals surface area contributed by atoms with Crippen molar-refractivity contribution >= 4 is 0 Å². The summed E-state index contributed by atoms with van der Waals surface area (Å²) in [4.78, 5) is 0. The van der Waals surface area contributed by atoms with Crippen LogP contribution in [0.4, 0.5) is 0 Å². The first kappa shape index (κ1) is 15.7.